The third-order valence-electron chi connectivity index (χ3n) is 5.02. The van der Waals surface area contributed by atoms with E-state index in [-0.39, 0.29) is 11.5 Å². The number of morpholine rings is 1. The number of anilines is 1. The number of likely N-dealkylation sites (tertiary alicyclic amines) is 1. The van der Waals surface area contributed by atoms with Gasteiger partial charge < -0.3 is 19.6 Å². The molecule has 2 aliphatic rings. The Morgan fingerprint density at radius 2 is 1.84 bits per heavy atom. The summed E-state index contributed by atoms with van der Waals surface area (Å²) in [5.41, 5.74) is 0.838. The van der Waals surface area contributed by atoms with Crippen molar-refractivity contribution in [2.45, 2.75) is 31.5 Å². The molecular formula is C19H28F3N5O4. The molecule has 12 heteroatoms. The number of aliphatic carboxylic acids is 1. The van der Waals surface area contributed by atoms with Gasteiger partial charge in [0.25, 0.3) is 0 Å². The number of hydrogen-bond acceptors (Lipinski definition) is 7. The molecule has 2 aliphatic heterocycles. The Balaban J connectivity index is 0.000000423. The molecule has 2 saturated heterocycles. The highest BCUT2D eigenvalue weighted by molar-refractivity contribution is 5.77. The largest absolute Gasteiger partial charge is 0.490 e. The third kappa shape index (κ3) is 7.31. The maximum Gasteiger partial charge on any atom is 0.490 e. The predicted octanol–water partition coefficient (Wildman–Crippen LogP) is 1.18. The van der Waals surface area contributed by atoms with Crippen LogP contribution in [0.3, 0.4) is 0 Å². The maximum atomic E-state index is 12.0. The minimum atomic E-state index is -5.08. The number of nitrogens with zero attached hydrogens (tertiary/aromatic N) is 5. The van der Waals surface area contributed by atoms with E-state index in [0.717, 1.165) is 50.5 Å². The molecule has 1 unspecified atom stereocenters. The summed E-state index contributed by atoms with van der Waals surface area (Å²) in [6.07, 6.45) is 0.687. The Bertz CT molecular complexity index is 756. The number of piperidine rings is 1. The Morgan fingerprint density at radius 1 is 1.23 bits per heavy atom. The van der Waals surface area contributed by atoms with Crippen molar-refractivity contribution >= 4 is 17.8 Å². The molecule has 0 bridgehead atoms. The molecule has 1 amide bonds. The molecule has 0 aromatic carbocycles. The zero-order valence-electron chi connectivity index (χ0n) is 17.9. The van der Waals surface area contributed by atoms with Gasteiger partial charge >= 0.3 is 12.1 Å². The molecule has 0 radical (unpaired) electrons. The highest BCUT2D eigenvalue weighted by Gasteiger charge is 2.41. The molecule has 3 rings (SSSR count). The molecule has 1 N–H and O–H groups in total. The first-order chi connectivity index (χ1) is 14.4. The summed E-state index contributed by atoms with van der Waals surface area (Å²) in [5, 5.41) is 7.12. The fourth-order valence-corrected chi connectivity index (χ4v) is 3.47. The lowest BCUT2D eigenvalue weighted by Crippen LogP contribution is -2.60. The second-order valence-corrected chi connectivity index (χ2v) is 7.92. The van der Waals surface area contributed by atoms with Gasteiger partial charge in [0, 0.05) is 39.6 Å². The fraction of sp³-hybridized carbons (Fsp3) is 0.684. The summed E-state index contributed by atoms with van der Waals surface area (Å²) in [7, 11) is 3.60. The van der Waals surface area contributed by atoms with E-state index in [1.165, 1.54) is 0 Å². The molecule has 9 nitrogen and oxygen atoms in total. The van der Waals surface area contributed by atoms with Gasteiger partial charge in [-0.1, -0.05) is 0 Å². The van der Waals surface area contributed by atoms with Crippen LogP contribution in [0.2, 0.25) is 0 Å². The number of alkyl halides is 3. The molecule has 0 saturated carbocycles. The molecule has 0 aliphatic carbocycles. The number of rotatable bonds is 3. The lowest BCUT2D eigenvalue weighted by atomic mass is 9.90. The van der Waals surface area contributed by atoms with Gasteiger partial charge in [-0.3, -0.25) is 9.69 Å². The number of carbonyl (C=O) groups excluding carboxylic acids is 1. The van der Waals surface area contributed by atoms with E-state index >= 15 is 0 Å². The normalized spacial score (nSPS) is 21.9. The molecule has 1 aromatic heterocycles. The number of carboxylic acids is 1. The van der Waals surface area contributed by atoms with E-state index < -0.39 is 12.1 Å². The highest BCUT2D eigenvalue weighted by atomic mass is 19.4. The van der Waals surface area contributed by atoms with Crippen LogP contribution in [-0.4, -0.2) is 102 Å². The second kappa shape index (κ2) is 10.2. The number of aromatic nitrogens is 2. The van der Waals surface area contributed by atoms with Crippen molar-refractivity contribution in [2.75, 3.05) is 58.3 Å². The van der Waals surface area contributed by atoms with Gasteiger partial charge in [0.05, 0.1) is 25.3 Å². The summed E-state index contributed by atoms with van der Waals surface area (Å²) in [6.45, 7) is 6.45. The van der Waals surface area contributed by atoms with Crippen LogP contribution in [0.4, 0.5) is 19.1 Å². The number of amides is 1. The number of carboxylic acid groups (broad SMARTS) is 1. The fourth-order valence-electron chi connectivity index (χ4n) is 3.47. The molecule has 1 spiro atoms. The van der Waals surface area contributed by atoms with Crippen LogP contribution in [0.25, 0.3) is 0 Å². The maximum absolute atomic E-state index is 12.0. The SMILES string of the molecule is Cc1cnc(N2CCOC3(CCCN(CC(=O)N(C)C)C3)C2)nc1.O=C(O)C(F)(F)F. The molecule has 174 valence electrons. The average Bonchev–Trinajstić information content (AvgIpc) is 2.68. The van der Waals surface area contributed by atoms with E-state index in [1.807, 2.05) is 19.3 Å². The summed E-state index contributed by atoms with van der Waals surface area (Å²) >= 11 is 0. The van der Waals surface area contributed by atoms with Gasteiger partial charge in [0.2, 0.25) is 11.9 Å². The Hall–Kier alpha value is -2.47. The van der Waals surface area contributed by atoms with E-state index in [4.69, 9.17) is 14.6 Å². The van der Waals surface area contributed by atoms with Gasteiger partial charge in [-0.25, -0.2) is 14.8 Å². The molecular weight excluding hydrogens is 419 g/mol. The van der Waals surface area contributed by atoms with E-state index in [1.54, 1.807) is 19.0 Å². The van der Waals surface area contributed by atoms with Crippen molar-refractivity contribution in [2.24, 2.45) is 0 Å². The molecule has 31 heavy (non-hydrogen) atoms. The van der Waals surface area contributed by atoms with Crippen LogP contribution in [0.15, 0.2) is 12.4 Å². The van der Waals surface area contributed by atoms with Crippen molar-refractivity contribution in [3.63, 3.8) is 0 Å². The minimum absolute atomic E-state index is 0.140. The summed E-state index contributed by atoms with van der Waals surface area (Å²) < 4.78 is 37.9. The first kappa shape index (κ1) is 24.8. The number of aryl methyl sites for hydroxylation is 1. The Morgan fingerprint density at radius 3 is 2.39 bits per heavy atom. The molecule has 1 atom stereocenters. The molecule has 2 fully saturated rings. The molecule has 3 heterocycles. The van der Waals surface area contributed by atoms with Gasteiger partial charge in [0.1, 0.15) is 0 Å². The van der Waals surface area contributed by atoms with Crippen LogP contribution in [0.5, 0.6) is 0 Å². The Kier molecular flexibility index (Phi) is 8.18. The monoisotopic (exact) mass is 447 g/mol. The molecule has 1 aromatic rings. The predicted molar refractivity (Wildman–Crippen MR) is 106 cm³/mol. The first-order valence-electron chi connectivity index (χ1n) is 9.82. The summed E-state index contributed by atoms with van der Waals surface area (Å²) in [5.74, 6) is -1.85. The van der Waals surface area contributed by atoms with Gasteiger partial charge in [0.15, 0.2) is 0 Å². The summed E-state index contributed by atoms with van der Waals surface area (Å²) in [6, 6.07) is 0. The Labute approximate surface area is 178 Å². The van der Waals surface area contributed by atoms with Crippen LogP contribution in [0.1, 0.15) is 18.4 Å². The van der Waals surface area contributed by atoms with E-state index in [9.17, 15) is 18.0 Å². The van der Waals surface area contributed by atoms with Crippen molar-refractivity contribution in [1.29, 1.82) is 0 Å². The average molecular weight is 447 g/mol. The highest BCUT2D eigenvalue weighted by Crippen LogP contribution is 2.30. The van der Waals surface area contributed by atoms with Crippen molar-refractivity contribution in [3.8, 4) is 0 Å². The number of likely N-dealkylation sites (N-methyl/N-ethyl adjacent to an activating group) is 1. The van der Waals surface area contributed by atoms with Crippen LogP contribution in [-0.2, 0) is 14.3 Å². The second-order valence-electron chi connectivity index (χ2n) is 7.92. The van der Waals surface area contributed by atoms with Gasteiger partial charge in [-0.15, -0.1) is 0 Å². The summed E-state index contributed by atoms with van der Waals surface area (Å²) in [4.78, 5) is 35.9. The topological polar surface area (TPSA) is 99.1 Å². The number of halogens is 3. The number of carbonyl (C=O) groups is 2. The van der Waals surface area contributed by atoms with E-state index in [0.29, 0.717) is 13.2 Å². The quantitative estimate of drug-likeness (QED) is 0.738. The zero-order valence-corrected chi connectivity index (χ0v) is 17.9. The van der Waals surface area contributed by atoms with Crippen LogP contribution in [0, 0.1) is 6.92 Å². The number of ether oxygens (including phenoxy) is 1. The van der Waals surface area contributed by atoms with Crippen molar-refractivity contribution in [3.05, 3.63) is 18.0 Å². The van der Waals surface area contributed by atoms with Gasteiger partial charge in [-0.05, 0) is 31.9 Å². The van der Waals surface area contributed by atoms with E-state index in [2.05, 4.69) is 19.8 Å². The van der Waals surface area contributed by atoms with Crippen molar-refractivity contribution < 1.29 is 32.6 Å². The van der Waals surface area contributed by atoms with Crippen LogP contribution < -0.4 is 4.90 Å². The lowest BCUT2D eigenvalue weighted by Gasteiger charge is -2.48. The first-order valence-corrected chi connectivity index (χ1v) is 9.82. The van der Waals surface area contributed by atoms with Crippen molar-refractivity contribution in [1.82, 2.24) is 19.8 Å². The lowest BCUT2D eigenvalue weighted by molar-refractivity contribution is -0.192. The third-order valence-corrected chi connectivity index (χ3v) is 5.02. The minimum Gasteiger partial charge on any atom is -0.475 e. The van der Waals surface area contributed by atoms with Crippen LogP contribution >= 0.6 is 0 Å². The zero-order chi connectivity index (χ0) is 23.2. The number of hydrogen-bond donors (Lipinski definition) is 1. The standard InChI is InChI=1S/C17H27N5O2.C2HF3O2/c1-14-9-18-16(19-10-14)22-7-8-24-17(13-22)5-4-6-21(12-17)11-15(23)20(2)3;3-2(4,5)1(6)7/h9-10H,4-8,11-13H2,1-3H3;(H,6,7). The van der Waals surface area contributed by atoms with Gasteiger partial charge in [-0.2, -0.15) is 13.2 Å². The smallest absolute Gasteiger partial charge is 0.475 e.